The maximum absolute atomic E-state index is 12.1. The van der Waals surface area contributed by atoms with Gasteiger partial charge in [-0.15, -0.1) is 0 Å². The minimum Gasteiger partial charge on any atom is -0.380 e. The van der Waals surface area contributed by atoms with Crippen molar-refractivity contribution in [2.45, 2.75) is 6.54 Å². The first-order valence-corrected chi connectivity index (χ1v) is 11.0. The Hall–Kier alpha value is -4.72. The lowest BCUT2D eigenvalue weighted by molar-refractivity contribution is 0.0827. The number of rotatable bonds is 8. The van der Waals surface area contributed by atoms with Crippen LogP contribution in [0, 0.1) is 0 Å². The first-order valence-electron chi connectivity index (χ1n) is 11.0. The number of primary amides is 1. The molecule has 2 heterocycles. The molecule has 176 valence electrons. The molecule has 0 saturated heterocycles. The van der Waals surface area contributed by atoms with Gasteiger partial charge in [-0.3, -0.25) is 14.6 Å². The molecule has 0 spiro atoms. The molecule has 0 atom stereocenters. The van der Waals surface area contributed by atoms with Gasteiger partial charge >= 0.3 is 0 Å². The summed E-state index contributed by atoms with van der Waals surface area (Å²) < 4.78 is 0. The van der Waals surface area contributed by atoms with E-state index in [1.165, 1.54) is 11.1 Å². The van der Waals surface area contributed by atoms with Crippen LogP contribution in [0.3, 0.4) is 0 Å². The molecule has 4 N–H and O–H groups in total. The second-order valence-corrected chi connectivity index (χ2v) is 8.15. The number of nitrogens with one attached hydrogen (secondary N) is 2. The predicted molar refractivity (Wildman–Crippen MR) is 137 cm³/mol. The van der Waals surface area contributed by atoms with E-state index in [9.17, 15) is 9.59 Å². The third-order valence-corrected chi connectivity index (χ3v) is 5.35. The smallest absolute Gasteiger partial charge is 0.253 e. The van der Waals surface area contributed by atoms with Gasteiger partial charge in [-0.25, -0.2) is 4.98 Å². The summed E-state index contributed by atoms with van der Waals surface area (Å²) in [6, 6.07) is 22.7. The maximum Gasteiger partial charge on any atom is 0.253 e. The number of carbonyl (C=O) groups is 2. The lowest BCUT2D eigenvalue weighted by atomic mass is 10.1. The number of nitrogens with zero attached hydrogens (tertiary/aromatic N) is 3. The van der Waals surface area contributed by atoms with Crippen LogP contribution in [0.25, 0.3) is 11.3 Å². The van der Waals surface area contributed by atoms with Crippen molar-refractivity contribution in [1.29, 1.82) is 0 Å². The van der Waals surface area contributed by atoms with Crippen molar-refractivity contribution in [2.24, 2.45) is 5.73 Å². The number of nitrogens with two attached hydrogens (primary N) is 1. The number of aromatic nitrogens is 2. The third-order valence-electron chi connectivity index (χ3n) is 5.35. The van der Waals surface area contributed by atoms with Crippen LogP contribution in [0.5, 0.6) is 0 Å². The Kier molecular flexibility index (Phi) is 7.02. The second kappa shape index (κ2) is 10.5. The molecule has 0 saturated carbocycles. The van der Waals surface area contributed by atoms with Crippen molar-refractivity contribution in [3.05, 3.63) is 102 Å². The summed E-state index contributed by atoms with van der Waals surface area (Å²) >= 11 is 0. The number of pyridine rings is 2. The van der Waals surface area contributed by atoms with Crippen molar-refractivity contribution in [2.75, 3.05) is 24.7 Å². The molecule has 0 aliphatic rings. The fourth-order valence-electron chi connectivity index (χ4n) is 3.54. The van der Waals surface area contributed by atoms with Crippen molar-refractivity contribution in [1.82, 2.24) is 14.9 Å². The van der Waals surface area contributed by atoms with Crippen molar-refractivity contribution >= 4 is 29.0 Å². The van der Waals surface area contributed by atoms with Gasteiger partial charge in [-0.2, -0.15) is 0 Å². The zero-order valence-corrected chi connectivity index (χ0v) is 19.5. The summed E-state index contributed by atoms with van der Waals surface area (Å²) in [4.78, 5) is 34.3. The molecule has 4 aromatic rings. The van der Waals surface area contributed by atoms with E-state index >= 15 is 0 Å². The zero-order chi connectivity index (χ0) is 24.8. The lowest BCUT2D eigenvalue weighted by Crippen LogP contribution is -2.21. The Morgan fingerprint density at radius 2 is 1.74 bits per heavy atom. The number of carbonyl (C=O) groups excluding carboxylic acids is 2. The molecule has 0 aliphatic heterocycles. The van der Waals surface area contributed by atoms with Gasteiger partial charge in [0.15, 0.2) is 0 Å². The minimum atomic E-state index is -0.569. The van der Waals surface area contributed by atoms with Crippen molar-refractivity contribution in [3.63, 3.8) is 0 Å². The van der Waals surface area contributed by atoms with Crippen LogP contribution in [0.2, 0.25) is 0 Å². The zero-order valence-electron chi connectivity index (χ0n) is 19.5. The molecule has 2 aromatic carbocycles. The summed E-state index contributed by atoms with van der Waals surface area (Å²) in [5.41, 5.74) is 10.7. The highest BCUT2D eigenvalue weighted by Crippen LogP contribution is 2.24. The number of anilines is 3. The van der Waals surface area contributed by atoms with Crippen LogP contribution < -0.4 is 16.4 Å². The summed E-state index contributed by atoms with van der Waals surface area (Å²) in [5.74, 6) is -0.106. The van der Waals surface area contributed by atoms with E-state index in [0.717, 1.165) is 22.5 Å². The van der Waals surface area contributed by atoms with Gasteiger partial charge in [0.05, 0.1) is 16.9 Å². The Balaban J connectivity index is 1.51. The number of benzene rings is 2. The Bertz CT molecular complexity index is 1340. The van der Waals surface area contributed by atoms with Gasteiger partial charge in [0.25, 0.3) is 11.8 Å². The molecule has 2 aromatic heterocycles. The highest BCUT2D eigenvalue weighted by atomic mass is 16.2. The minimum absolute atomic E-state index is 0.0703. The van der Waals surface area contributed by atoms with E-state index in [2.05, 4.69) is 26.7 Å². The fraction of sp³-hybridized carbons (Fsp3) is 0.111. The van der Waals surface area contributed by atoms with Crippen molar-refractivity contribution < 1.29 is 9.59 Å². The molecule has 0 bridgehead atoms. The fourth-order valence-corrected chi connectivity index (χ4v) is 3.54. The molecule has 8 heteroatoms. The summed E-state index contributed by atoms with van der Waals surface area (Å²) in [6.07, 6.45) is 3.21. The molecule has 2 amide bonds. The Morgan fingerprint density at radius 1 is 0.943 bits per heavy atom. The van der Waals surface area contributed by atoms with E-state index in [1.807, 2.05) is 36.4 Å². The first kappa shape index (κ1) is 23.4. The third kappa shape index (κ3) is 5.80. The molecular weight excluding hydrogens is 440 g/mol. The van der Waals surface area contributed by atoms with Gasteiger partial charge in [-0.1, -0.05) is 24.3 Å². The van der Waals surface area contributed by atoms with Crippen LogP contribution in [0.1, 0.15) is 26.3 Å². The molecule has 0 unspecified atom stereocenters. The molecular formula is C27H26N6O2. The van der Waals surface area contributed by atoms with Crippen LogP contribution in [0.4, 0.5) is 17.2 Å². The first-order chi connectivity index (χ1) is 16.9. The second-order valence-electron chi connectivity index (χ2n) is 8.15. The number of hydrogen-bond acceptors (Lipinski definition) is 6. The monoisotopic (exact) mass is 466 g/mol. The lowest BCUT2D eigenvalue weighted by Gasteiger charge is -2.14. The van der Waals surface area contributed by atoms with E-state index in [-0.39, 0.29) is 5.91 Å². The summed E-state index contributed by atoms with van der Waals surface area (Å²) in [7, 11) is 3.42. The van der Waals surface area contributed by atoms with Gasteiger partial charge in [0, 0.05) is 55.9 Å². The average Bonchev–Trinajstić information content (AvgIpc) is 2.88. The standard InChI is InChI=1S/C27H26N6O2/c1-33(2)27(35)19-9-11-21(12-10-19)32-25-15-24(22(17-31-25)26(28)34)30-16-18-6-5-7-20(14-18)23-8-3-4-13-29-23/h3-15,17H,16H2,1-2H3,(H2,28,34)(H2,30,31,32). The highest BCUT2D eigenvalue weighted by molar-refractivity contribution is 5.98. The molecule has 0 fully saturated rings. The normalized spacial score (nSPS) is 10.5. The predicted octanol–water partition coefficient (Wildman–Crippen LogP) is 4.30. The topological polar surface area (TPSA) is 113 Å². The van der Waals surface area contributed by atoms with Crippen LogP contribution in [-0.4, -0.2) is 40.8 Å². The summed E-state index contributed by atoms with van der Waals surface area (Å²) in [5, 5.41) is 6.50. The molecule has 8 nitrogen and oxygen atoms in total. The average molecular weight is 467 g/mol. The van der Waals surface area contributed by atoms with Gasteiger partial charge < -0.3 is 21.3 Å². The summed E-state index contributed by atoms with van der Waals surface area (Å²) in [6.45, 7) is 0.478. The highest BCUT2D eigenvalue weighted by Gasteiger charge is 2.12. The van der Waals surface area contributed by atoms with E-state index in [1.54, 1.807) is 50.6 Å². The van der Waals surface area contributed by atoms with Gasteiger partial charge in [0.2, 0.25) is 0 Å². The van der Waals surface area contributed by atoms with Gasteiger partial charge in [0.1, 0.15) is 5.82 Å². The maximum atomic E-state index is 12.1. The largest absolute Gasteiger partial charge is 0.380 e. The molecule has 0 aliphatic carbocycles. The van der Waals surface area contributed by atoms with Crippen LogP contribution in [-0.2, 0) is 6.54 Å². The molecule has 4 rings (SSSR count). The Morgan fingerprint density at radius 3 is 2.43 bits per heavy atom. The van der Waals surface area contributed by atoms with E-state index in [0.29, 0.717) is 29.2 Å². The number of hydrogen-bond donors (Lipinski definition) is 3. The van der Waals surface area contributed by atoms with Crippen molar-refractivity contribution in [3.8, 4) is 11.3 Å². The van der Waals surface area contributed by atoms with E-state index in [4.69, 9.17) is 5.73 Å². The van der Waals surface area contributed by atoms with Crippen LogP contribution >= 0.6 is 0 Å². The van der Waals surface area contributed by atoms with E-state index < -0.39 is 5.91 Å². The van der Waals surface area contributed by atoms with Gasteiger partial charge in [-0.05, 0) is 48.0 Å². The SMILES string of the molecule is CN(C)C(=O)c1ccc(Nc2cc(NCc3cccc(-c4ccccn4)c3)c(C(N)=O)cn2)cc1. The molecule has 0 radical (unpaired) electrons. The molecule has 35 heavy (non-hydrogen) atoms. The number of amides is 2. The quantitative estimate of drug-likeness (QED) is 0.357. The Labute approximate surface area is 203 Å². The van der Waals surface area contributed by atoms with Crippen LogP contribution in [0.15, 0.2) is 85.2 Å².